The lowest BCUT2D eigenvalue weighted by molar-refractivity contribution is 0.230. The third kappa shape index (κ3) is 3.54. The Labute approximate surface area is 126 Å². The van der Waals surface area contributed by atoms with E-state index in [1.165, 1.54) is 4.90 Å². The molecule has 0 spiro atoms. The number of carbonyl (C=O) groups is 1. The minimum absolute atomic E-state index is 0.136. The van der Waals surface area contributed by atoms with Crippen LogP contribution in [0.5, 0.6) is 0 Å². The van der Waals surface area contributed by atoms with Crippen LogP contribution in [0.1, 0.15) is 0 Å². The van der Waals surface area contributed by atoms with E-state index in [0.29, 0.717) is 0 Å². The van der Waals surface area contributed by atoms with E-state index in [9.17, 15) is 4.79 Å². The van der Waals surface area contributed by atoms with Crippen molar-refractivity contribution in [1.29, 1.82) is 0 Å². The van der Waals surface area contributed by atoms with Gasteiger partial charge in [-0.1, -0.05) is 36.4 Å². The van der Waals surface area contributed by atoms with E-state index in [1.54, 1.807) is 14.1 Å². The van der Waals surface area contributed by atoms with Crippen LogP contribution in [0.2, 0.25) is 0 Å². The molecule has 0 aliphatic carbocycles. The molecule has 2 amide bonds. The van der Waals surface area contributed by atoms with Crippen molar-refractivity contribution in [3.05, 3.63) is 48.5 Å². The first-order valence-electron chi connectivity index (χ1n) is 6.84. The second-order valence-corrected chi connectivity index (χ2v) is 5.32. The lowest BCUT2D eigenvalue weighted by atomic mass is 10.0. The summed E-state index contributed by atoms with van der Waals surface area (Å²) in [5, 5.41) is 2.95. The number of anilines is 2. The number of hydrogen-bond donors (Lipinski definition) is 1. The van der Waals surface area contributed by atoms with Gasteiger partial charge < -0.3 is 15.1 Å². The second-order valence-electron chi connectivity index (χ2n) is 5.32. The smallest absolute Gasteiger partial charge is 0.321 e. The molecule has 1 N–H and O–H groups in total. The van der Waals surface area contributed by atoms with E-state index in [4.69, 9.17) is 0 Å². The Hall–Kier alpha value is -2.49. The van der Waals surface area contributed by atoms with Crippen LogP contribution in [0, 0.1) is 0 Å². The van der Waals surface area contributed by atoms with Crippen molar-refractivity contribution in [2.75, 3.05) is 38.4 Å². The molecule has 2 aromatic rings. The Morgan fingerprint density at radius 3 is 2.14 bits per heavy atom. The highest BCUT2D eigenvalue weighted by Crippen LogP contribution is 2.30. The highest BCUT2D eigenvalue weighted by molar-refractivity contribution is 5.94. The molecular formula is C17H21N3O. The van der Waals surface area contributed by atoms with Crippen molar-refractivity contribution < 1.29 is 4.79 Å². The fraction of sp³-hybridized carbons (Fsp3) is 0.235. The van der Waals surface area contributed by atoms with E-state index in [0.717, 1.165) is 22.5 Å². The summed E-state index contributed by atoms with van der Waals surface area (Å²) < 4.78 is 0. The van der Waals surface area contributed by atoms with Crippen LogP contribution >= 0.6 is 0 Å². The molecule has 0 aromatic heterocycles. The fourth-order valence-corrected chi connectivity index (χ4v) is 2.06. The zero-order valence-electron chi connectivity index (χ0n) is 12.9. The normalized spacial score (nSPS) is 10.1. The summed E-state index contributed by atoms with van der Waals surface area (Å²) >= 11 is 0. The molecule has 2 rings (SSSR count). The molecule has 0 saturated heterocycles. The summed E-state index contributed by atoms with van der Waals surface area (Å²) in [6, 6.07) is 16.1. The summed E-state index contributed by atoms with van der Waals surface area (Å²) in [5.41, 5.74) is 3.99. The Bertz CT molecular complexity index is 621. The average molecular weight is 283 g/mol. The van der Waals surface area contributed by atoms with E-state index >= 15 is 0 Å². The van der Waals surface area contributed by atoms with Crippen LogP contribution in [0.3, 0.4) is 0 Å². The second kappa shape index (κ2) is 6.31. The molecule has 110 valence electrons. The van der Waals surface area contributed by atoms with Gasteiger partial charge in [0.2, 0.25) is 0 Å². The van der Waals surface area contributed by atoms with Gasteiger partial charge in [-0.25, -0.2) is 4.79 Å². The molecule has 0 atom stereocenters. The number of rotatable bonds is 3. The average Bonchev–Trinajstić information content (AvgIpc) is 2.47. The van der Waals surface area contributed by atoms with Gasteiger partial charge in [0.25, 0.3) is 0 Å². The third-order valence-electron chi connectivity index (χ3n) is 3.23. The van der Waals surface area contributed by atoms with E-state index < -0.39 is 0 Å². The van der Waals surface area contributed by atoms with E-state index in [2.05, 4.69) is 23.5 Å². The molecule has 4 nitrogen and oxygen atoms in total. The number of benzene rings is 2. The van der Waals surface area contributed by atoms with Crippen LogP contribution in [0.25, 0.3) is 11.1 Å². The minimum Gasteiger partial charge on any atom is -0.376 e. The van der Waals surface area contributed by atoms with Crippen molar-refractivity contribution in [2.24, 2.45) is 0 Å². The number of hydrogen-bond acceptors (Lipinski definition) is 2. The van der Waals surface area contributed by atoms with Crippen LogP contribution in [-0.2, 0) is 0 Å². The molecule has 0 radical (unpaired) electrons. The van der Waals surface area contributed by atoms with Gasteiger partial charge in [0.1, 0.15) is 0 Å². The number of nitrogens with one attached hydrogen (secondary N) is 1. The first-order chi connectivity index (χ1) is 9.99. The summed E-state index contributed by atoms with van der Waals surface area (Å²) in [7, 11) is 7.38. The van der Waals surface area contributed by atoms with Crippen molar-refractivity contribution in [1.82, 2.24) is 4.90 Å². The largest absolute Gasteiger partial charge is 0.376 e. The molecule has 4 heteroatoms. The van der Waals surface area contributed by atoms with E-state index in [1.807, 2.05) is 49.3 Å². The van der Waals surface area contributed by atoms with Gasteiger partial charge in [0, 0.05) is 28.2 Å². The summed E-state index contributed by atoms with van der Waals surface area (Å²) in [6.07, 6.45) is 0. The van der Waals surface area contributed by atoms with Gasteiger partial charge in [0.05, 0.1) is 11.4 Å². The molecular weight excluding hydrogens is 262 g/mol. The monoisotopic (exact) mass is 283 g/mol. The Morgan fingerprint density at radius 1 is 0.905 bits per heavy atom. The molecule has 0 fully saturated rings. The van der Waals surface area contributed by atoms with Gasteiger partial charge in [-0.05, 0) is 23.3 Å². The molecule has 0 saturated carbocycles. The molecule has 0 heterocycles. The highest BCUT2D eigenvalue weighted by Gasteiger charge is 2.11. The minimum atomic E-state index is -0.136. The predicted molar refractivity (Wildman–Crippen MR) is 88.9 cm³/mol. The highest BCUT2D eigenvalue weighted by atomic mass is 16.2. The molecule has 21 heavy (non-hydrogen) atoms. The van der Waals surface area contributed by atoms with E-state index in [-0.39, 0.29) is 6.03 Å². The Morgan fingerprint density at radius 2 is 1.57 bits per heavy atom. The first-order valence-corrected chi connectivity index (χ1v) is 6.84. The Balaban J connectivity index is 2.42. The van der Waals surface area contributed by atoms with Crippen molar-refractivity contribution in [3.63, 3.8) is 0 Å². The van der Waals surface area contributed by atoms with Crippen molar-refractivity contribution >= 4 is 17.4 Å². The molecule has 0 unspecified atom stereocenters. The lowest BCUT2D eigenvalue weighted by Crippen LogP contribution is -2.28. The van der Waals surface area contributed by atoms with Gasteiger partial charge in [0.15, 0.2) is 0 Å². The fourth-order valence-electron chi connectivity index (χ4n) is 2.06. The SMILES string of the molecule is CN(C)C(=O)Nc1cc(-c2ccccc2)ccc1N(C)C. The molecule has 0 bridgehead atoms. The summed E-state index contributed by atoms with van der Waals surface area (Å²) in [4.78, 5) is 15.4. The standard InChI is InChI=1S/C17H21N3O/c1-19(2)16-11-10-14(13-8-6-5-7-9-13)12-15(16)18-17(21)20(3)4/h5-12H,1-4H3,(H,18,21). The molecule has 0 aliphatic heterocycles. The zero-order valence-corrected chi connectivity index (χ0v) is 12.9. The lowest BCUT2D eigenvalue weighted by Gasteiger charge is -2.20. The maximum absolute atomic E-state index is 11.9. The quantitative estimate of drug-likeness (QED) is 0.935. The van der Waals surface area contributed by atoms with Crippen LogP contribution < -0.4 is 10.2 Å². The molecule has 0 aliphatic rings. The number of carbonyl (C=O) groups excluding carboxylic acids is 1. The summed E-state index contributed by atoms with van der Waals surface area (Å²) in [6.45, 7) is 0. The van der Waals surface area contributed by atoms with Gasteiger partial charge in [-0.3, -0.25) is 0 Å². The van der Waals surface area contributed by atoms with Crippen LogP contribution in [-0.4, -0.2) is 39.1 Å². The van der Waals surface area contributed by atoms with Gasteiger partial charge in [-0.2, -0.15) is 0 Å². The van der Waals surface area contributed by atoms with Gasteiger partial charge >= 0.3 is 6.03 Å². The maximum atomic E-state index is 11.9. The van der Waals surface area contributed by atoms with Crippen LogP contribution in [0.15, 0.2) is 48.5 Å². The zero-order chi connectivity index (χ0) is 15.4. The third-order valence-corrected chi connectivity index (χ3v) is 3.23. The maximum Gasteiger partial charge on any atom is 0.321 e. The first kappa shape index (κ1) is 14.9. The summed E-state index contributed by atoms with van der Waals surface area (Å²) in [5.74, 6) is 0. The number of urea groups is 1. The molecule has 2 aromatic carbocycles. The number of amides is 2. The van der Waals surface area contributed by atoms with Gasteiger partial charge in [-0.15, -0.1) is 0 Å². The Kier molecular flexibility index (Phi) is 4.48. The number of nitrogens with zero attached hydrogens (tertiary/aromatic N) is 2. The topological polar surface area (TPSA) is 35.6 Å². The predicted octanol–water partition coefficient (Wildman–Crippen LogP) is 3.51. The van der Waals surface area contributed by atoms with Crippen molar-refractivity contribution in [3.8, 4) is 11.1 Å². The van der Waals surface area contributed by atoms with Crippen molar-refractivity contribution in [2.45, 2.75) is 0 Å². The van der Waals surface area contributed by atoms with Crippen LogP contribution in [0.4, 0.5) is 16.2 Å².